The number of halogens is 3. The van der Waals surface area contributed by atoms with Gasteiger partial charge in [0, 0.05) is 5.69 Å². The zero-order valence-electron chi connectivity index (χ0n) is 9.58. The van der Waals surface area contributed by atoms with Gasteiger partial charge < -0.3 is 11.1 Å². The average molecular weight is 266 g/mol. The van der Waals surface area contributed by atoms with Crippen LogP contribution in [0.15, 0.2) is 36.4 Å². The standard InChI is InChI=1S/C13H9F3N2O/c14-7-1-3-10(15)9(5-7)13(19)18-8-2-4-12(17)11(16)6-8/h1-6H,17H2,(H,18,19). The van der Waals surface area contributed by atoms with E-state index in [0.717, 1.165) is 24.3 Å². The molecule has 0 spiro atoms. The molecule has 0 radical (unpaired) electrons. The summed E-state index contributed by atoms with van der Waals surface area (Å²) in [6, 6.07) is 6.10. The molecule has 2 aromatic carbocycles. The molecule has 0 atom stereocenters. The van der Waals surface area contributed by atoms with Gasteiger partial charge in [0.05, 0.1) is 11.3 Å². The molecule has 2 rings (SSSR count). The van der Waals surface area contributed by atoms with Gasteiger partial charge in [-0.15, -0.1) is 0 Å². The van der Waals surface area contributed by atoms with E-state index in [-0.39, 0.29) is 11.4 Å². The first-order chi connectivity index (χ1) is 8.97. The van der Waals surface area contributed by atoms with E-state index in [9.17, 15) is 18.0 Å². The van der Waals surface area contributed by atoms with Crippen molar-refractivity contribution in [1.29, 1.82) is 0 Å². The number of hydrogen-bond acceptors (Lipinski definition) is 2. The van der Waals surface area contributed by atoms with E-state index in [4.69, 9.17) is 5.73 Å². The summed E-state index contributed by atoms with van der Waals surface area (Å²) in [6.45, 7) is 0. The normalized spacial score (nSPS) is 10.3. The van der Waals surface area contributed by atoms with Crippen LogP contribution in [0.2, 0.25) is 0 Å². The van der Waals surface area contributed by atoms with Crippen molar-refractivity contribution in [3.8, 4) is 0 Å². The second-order valence-electron chi connectivity index (χ2n) is 3.81. The number of nitrogens with one attached hydrogen (secondary N) is 1. The summed E-state index contributed by atoms with van der Waals surface area (Å²) in [6.07, 6.45) is 0. The first-order valence-corrected chi connectivity index (χ1v) is 5.29. The third kappa shape index (κ3) is 2.85. The summed E-state index contributed by atoms with van der Waals surface area (Å²) in [5.74, 6) is -3.19. The lowest BCUT2D eigenvalue weighted by Crippen LogP contribution is -2.14. The largest absolute Gasteiger partial charge is 0.396 e. The minimum absolute atomic E-state index is 0.0741. The second-order valence-corrected chi connectivity index (χ2v) is 3.81. The van der Waals surface area contributed by atoms with E-state index in [1.165, 1.54) is 12.1 Å². The fourth-order valence-electron chi connectivity index (χ4n) is 1.47. The van der Waals surface area contributed by atoms with Gasteiger partial charge in [-0.05, 0) is 36.4 Å². The van der Waals surface area contributed by atoms with Crippen molar-refractivity contribution in [2.24, 2.45) is 0 Å². The van der Waals surface area contributed by atoms with Crippen molar-refractivity contribution in [3.63, 3.8) is 0 Å². The minimum Gasteiger partial charge on any atom is -0.396 e. The van der Waals surface area contributed by atoms with Crippen LogP contribution in [0, 0.1) is 17.5 Å². The molecular formula is C13H9F3N2O. The molecule has 3 N–H and O–H groups in total. The maximum atomic E-state index is 13.3. The molecule has 0 unspecified atom stereocenters. The van der Waals surface area contributed by atoms with Gasteiger partial charge in [0.2, 0.25) is 0 Å². The zero-order valence-corrected chi connectivity index (χ0v) is 9.58. The van der Waals surface area contributed by atoms with Gasteiger partial charge >= 0.3 is 0 Å². The molecule has 0 saturated heterocycles. The Morgan fingerprint density at radius 1 is 1.00 bits per heavy atom. The van der Waals surface area contributed by atoms with Crippen LogP contribution in [0.1, 0.15) is 10.4 Å². The molecule has 0 aliphatic carbocycles. The lowest BCUT2D eigenvalue weighted by Gasteiger charge is -2.07. The monoisotopic (exact) mass is 266 g/mol. The molecule has 0 saturated carbocycles. The molecule has 0 heterocycles. The fraction of sp³-hybridized carbons (Fsp3) is 0. The topological polar surface area (TPSA) is 55.1 Å². The molecule has 6 heteroatoms. The molecule has 0 bridgehead atoms. The highest BCUT2D eigenvalue weighted by Gasteiger charge is 2.13. The van der Waals surface area contributed by atoms with Gasteiger partial charge in [-0.3, -0.25) is 4.79 Å². The van der Waals surface area contributed by atoms with Crippen LogP contribution < -0.4 is 11.1 Å². The quantitative estimate of drug-likeness (QED) is 0.821. The summed E-state index contributed by atoms with van der Waals surface area (Å²) >= 11 is 0. The number of rotatable bonds is 2. The predicted octanol–water partition coefficient (Wildman–Crippen LogP) is 2.94. The molecule has 0 aromatic heterocycles. The Labute approximate surface area is 106 Å². The van der Waals surface area contributed by atoms with E-state index in [1.807, 2.05) is 0 Å². The van der Waals surface area contributed by atoms with Crippen molar-refractivity contribution in [2.45, 2.75) is 0 Å². The number of carbonyl (C=O) groups is 1. The molecule has 1 amide bonds. The van der Waals surface area contributed by atoms with Gasteiger partial charge in [-0.1, -0.05) is 0 Å². The smallest absolute Gasteiger partial charge is 0.258 e. The molecule has 3 nitrogen and oxygen atoms in total. The first-order valence-electron chi connectivity index (χ1n) is 5.29. The Morgan fingerprint density at radius 3 is 2.42 bits per heavy atom. The van der Waals surface area contributed by atoms with Crippen LogP contribution in [0.4, 0.5) is 24.5 Å². The van der Waals surface area contributed by atoms with E-state index >= 15 is 0 Å². The van der Waals surface area contributed by atoms with Crippen LogP contribution in [0.5, 0.6) is 0 Å². The highest BCUT2D eigenvalue weighted by atomic mass is 19.1. The van der Waals surface area contributed by atoms with Crippen LogP contribution in [-0.2, 0) is 0 Å². The van der Waals surface area contributed by atoms with E-state index < -0.39 is 28.9 Å². The van der Waals surface area contributed by atoms with Crippen LogP contribution in [-0.4, -0.2) is 5.91 Å². The van der Waals surface area contributed by atoms with E-state index in [0.29, 0.717) is 0 Å². The third-order valence-corrected chi connectivity index (χ3v) is 2.43. The molecule has 0 fully saturated rings. The minimum atomic E-state index is -0.874. The average Bonchev–Trinajstić information content (AvgIpc) is 2.36. The number of amides is 1. The maximum absolute atomic E-state index is 13.3. The number of benzene rings is 2. The highest BCUT2D eigenvalue weighted by Crippen LogP contribution is 2.18. The van der Waals surface area contributed by atoms with Gasteiger partial charge in [-0.2, -0.15) is 0 Å². The van der Waals surface area contributed by atoms with Crippen LogP contribution >= 0.6 is 0 Å². The summed E-state index contributed by atoms with van der Waals surface area (Å²) in [7, 11) is 0. The summed E-state index contributed by atoms with van der Waals surface area (Å²) in [5.41, 5.74) is 4.84. The number of nitrogens with two attached hydrogens (primary N) is 1. The molecule has 98 valence electrons. The summed E-state index contributed by atoms with van der Waals surface area (Å²) in [5, 5.41) is 2.25. The van der Waals surface area contributed by atoms with Gasteiger partial charge in [0.25, 0.3) is 5.91 Å². The molecular weight excluding hydrogens is 257 g/mol. The van der Waals surface area contributed by atoms with Crippen LogP contribution in [0.3, 0.4) is 0 Å². The van der Waals surface area contributed by atoms with Crippen molar-refractivity contribution < 1.29 is 18.0 Å². The second kappa shape index (κ2) is 5.01. The SMILES string of the molecule is Nc1ccc(NC(=O)c2cc(F)ccc2F)cc1F. The van der Waals surface area contributed by atoms with Crippen molar-refractivity contribution in [2.75, 3.05) is 11.1 Å². The van der Waals surface area contributed by atoms with E-state index in [1.54, 1.807) is 0 Å². The first kappa shape index (κ1) is 12.9. The maximum Gasteiger partial charge on any atom is 0.258 e. The number of anilines is 2. The fourth-order valence-corrected chi connectivity index (χ4v) is 1.47. The number of nitrogen functional groups attached to an aromatic ring is 1. The van der Waals surface area contributed by atoms with Gasteiger partial charge in [0.15, 0.2) is 0 Å². The lowest BCUT2D eigenvalue weighted by atomic mass is 10.2. The molecule has 0 aliphatic rings. The Hall–Kier alpha value is -2.50. The molecule has 0 aliphatic heterocycles. The predicted molar refractivity (Wildman–Crippen MR) is 65.1 cm³/mol. The Morgan fingerprint density at radius 2 is 1.74 bits per heavy atom. The summed E-state index contributed by atoms with van der Waals surface area (Å²) < 4.78 is 39.4. The molecule has 2 aromatic rings. The Kier molecular flexibility index (Phi) is 3.41. The van der Waals surface area contributed by atoms with Gasteiger partial charge in [0.1, 0.15) is 17.5 Å². The number of hydrogen-bond donors (Lipinski definition) is 2. The van der Waals surface area contributed by atoms with Crippen molar-refractivity contribution in [3.05, 3.63) is 59.4 Å². The van der Waals surface area contributed by atoms with Crippen molar-refractivity contribution >= 4 is 17.3 Å². The Balaban J connectivity index is 2.25. The lowest BCUT2D eigenvalue weighted by molar-refractivity contribution is 0.102. The Bertz CT molecular complexity index is 644. The highest BCUT2D eigenvalue weighted by molar-refractivity contribution is 6.04. The molecule has 19 heavy (non-hydrogen) atoms. The summed E-state index contributed by atoms with van der Waals surface area (Å²) in [4.78, 5) is 11.7. The van der Waals surface area contributed by atoms with Gasteiger partial charge in [-0.25, -0.2) is 13.2 Å². The van der Waals surface area contributed by atoms with Crippen molar-refractivity contribution in [1.82, 2.24) is 0 Å². The van der Waals surface area contributed by atoms with E-state index in [2.05, 4.69) is 5.32 Å². The zero-order chi connectivity index (χ0) is 14.0. The van der Waals surface area contributed by atoms with Crippen LogP contribution in [0.25, 0.3) is 0 Å². The third-order valence-electron chi connectivity index (χ3n) is 2.43. The number of carbonyl (C=O) groups excluding carboxylic acids is 1.